The van der Waals surface area contributed by atoms with Gasteiger partial charge in [0.2, 0.25) is 0 Å². The Balaban J connectivity index is 0.000000248. The predicted molar refractivity (Wildman–Crippen MR) is 167 cm³/mol. The van der Waals surface area contributed by atoms with Crippen LogP contribution in [0.15, 0.2) is 60.7 Å². The molecule has 0 bridgehead atoms. The van der Waals surface area contributed by atoms with Crippen LogP contribution >= 0.6 is 0 Å². The van der Waals surface area contributed by atoms with Gasteiger partial charge in [-0.2, -0.15) is 0 Å². The van der Waals surface area contributed by atoms with Crippen LogP contribution in [0.1, 0.15) is 96.1 Å². The van der Waals surface area contributed by atoms with E-state index in [0.29, 0.717) is 19.2 Å². The Bertz CT molecular complexity index is 1090. The summed E-state index contributed by atoms with van der Waals surface area (Å²) in [6.07, 6.45) is 11.0. The Hall–Kier alpha value is -3.39. The highest BCUT2D eigenvalue weighted by Gasteiger charge is 2.31. The summed E-state index contributed by atoms with van der Waals surface area (Å²) < 4.78 is 16.1. The van der Waals surface area contributed by atoms with E-state index < -0.39 is 17.7 Å². The first-order valence-electron chi connectivity index (χ1n) is 15.8. The van der Waals surface area contributed by atoms with Crippen molar-refractivity contribution in [2.24, 2.45) is 0 Å². The van der Waals surface area contributed by atoms with E-state index in [-0.39, 0.29) is 25.2 Å². The quantitative estimate of drug-likeness (QED) is 0.235. The minimum absolute atomic E-state index is 0.0490. The van der Waals surface area contributed by atoms with Gasteiger partial charge < -0.3 is 19.5 Å². The van der Waals surface area contributed by atoms with Gasteiger partial charge >= 0.3 is 18.0 Å². The topological polar surface area (TPSA) is 94.2 Å². The molecule has 2 aliphatic rings. The van der Waals surface area contributed by atoms with E-state index >= 15 is 0 Å². The molecule has 2 aromatic rings. The van der Waals surface area contributed by atoms with E-state index in [1.54, 1.807) is 4.90 Å². The van der Waals surface area contributed by atoms with Gasteiger partial charge in [0, 0.05) is 12.1 Å². The lowest BCUT2D eigenvalue weighted by Crippen LogP contribution is -2.47. The lowest BCUT2D eigenvalue weighted by molar-refractivity contribution is -0.147. The van der Waals surface area contributed by atoms with Crippen molar-refractivity contribution in [2.45, 2.75) is 116 Å². The number of amides is 1. The van der Waals surface area contributed by atoms with Gasteiger partial charge in [0.1, 0.15) is 25.4 Å². The summed E-state index contributed by atoms with van der Waals surface area (Å²) in [6, 6.07) is 19.8. The lowest BCUT2D eigenvalue weighted by atomic mass is 9.94. The first-order valence-corrected chi connectivity index (χ1v) is 15.8. The highest BCUT2D eigenvalue weighted by molar-refractivity contribution is 5.78. The summed E-state index contributed by atoms with van der Waals surface area (Å²) >= 11 is 0. The average molecular weight is 595 g/mol. The molecule has 43 heavy (non-hydrogen) atoms. The molecule has 1 N–H and O–H groups in total. The van der Waals surface area contributed by atoms with Crippen molar-refractivity contribution in [2.75, 3.05) is 13.1 Å². The summed E-state index contributed by atoms with van der Waals surface area (Å²) in [5.41, 5.74) is 1.37. The maximum atomic E-state index is 12.6. The number of rotatable bonds is 10. The van der Waals surface area contributed by atoms with E-state index in [1.807, 2.05) is 81.4 Å². The maximum Gasteiger partial charge on any atom is 0.411 e. The van der Waals surface area contributed by atoms with Gasteiger partial charge in [-0.3, -0.25) is 14.5 Å². The minimum atomic E-state index is -0.585. The van der Waals surface area contributed by atoms with Crippen LogP contribution in [0.4, 0.5) is 4.79 Å². The third-order valence-corrected chi connectivity index (χ3v) is 7.57. The van der Waals surface area contributed by atoms with Gasteiger partial charge in [0.25, 0.3) is 0 Å². The lowest BCUT2D eigenvalue weighted by Gasteiger charge is -2.34. The molecule has 0 atom stereocenters. The van der Waals surface area contributed by atoms with Crippen LogP contribution in [0.2, 0.25) is 0 Å². The number of ether oxygens (including phenoxy) is 3. The highest BCUT2D eigenvalue weighted by Crippen LogP contribution is 2.24. The van der Waals surface area contributed by atoms with Crippen molar-refractivity contribution < 1.29 is 28.6 Å². The predicted octanol–water partition coefficient (Wildman–Crippen LogP) is 6.95. The molecular weight excluding hydrogens is 544 g/mol. The summed E-state index contributed by atoms with van der Waals surface area (Å²) in [5, 5.41) is 3.28. The number of carbonyl (C=O) groups excluding carboxylic acids is 3. The van der Waals surface area contributed by atoms with Crippen LogP contribution in [0.5, 0.6) is 0 Å². The van der Waals surface area contributed by atoms with E-state index in [9.17, 15) is 14.4 Å². The molecule has 0 heterocycles. The fourth-order valence-corrected chi connectivity index (χ4v) is 5.30. The molecule has 0 unspecified atom stereocenters. The molecule has 8 heteroatoms. The molecular formula is C35H50N2O6. The second-order valence-corrected chi connectivity index (χ2v) is 12.4. The first kappa shape index (κ1) is 34.1. The molecule has 1 amide bonds. The van der Waals surface area contributed by atoms with Crippen LogP contribution in [0.25, 0.3) is 0 Å². The molecule has 236 valence electrons. The number of esters is 2. The molecule has 0 radical (unpaired) electrons. The zero-order valence-electron chi connectivity index (χ0n) is 26.2. The Kier molecular flexibility index (Phi) is 14.5. The van der Waals surface area contributed by atoms with E-state index in [4.69, 9.17) is 14.2 Å². The maximum absolute atomic E-state index is 12.6. The molecule has 2 saturated carbocycles. The Morgan fingerprint density at radius 1 is 0.721 bits per heavy atom. The second-order valence-electron chi connectivity index (χ2n) is 12.4. The third-order valence-electron chi connectivity index (χ3n) is 7.57. The molecule has 2 aliphatic carbocycles. The largest absolute Gasteiger partial charge is 0.460 e. The van der Waals surface area contributed by atoms with Crippen LogP contribution < -0.4 is 5.32 Å². The van der Waals surface area contributed by atoms with Gasteiger partial charge in [0.15, 0.2) is 0 Å². The standard InChI is InChI=1S/C20H29NO4.C15H21NO2/c1-20(2,3)25-19(23)21(17-12-8-5-9-13-17)14-18(22)24-15-16-10-6-4-7-11-16;17-15(11-16-14-9-5-2-6-10-14)18-12-13-7-3-1-4-8-13/h4,6-7,10-11,17H,5,8-9,12-15H2,1-3H3;1,3-4,7-8,14,16H,2,5-6,9-12H2. The number of nitrogens with one attached hydrogen (secondary N) is 1. The van der Waals surface area contributed by atoms with Gasteiger partial charge in [-0.15, -0.1) is 0 Å². The van der Waals surface area contributed by atoms with Crippen molar-refractivity contribution >= 4 is 18.0 Å². The van der Waals surface area contributed by atoms with Gasteiger partial charge in [-0.25, -0.2) is 4.79 Å². The molecule has 0 spiro atoms. The van der Waals surface area contributed by atoms with Crippen LogP contribution in [0.3, 0.4) is 0 Å². The number of hydrogen-bond acceptors (Lipinski definition) is 7. The molecule has 0 aromatic heterocycles. The molecule has 8 nitrogen and oxygen atoms in total. The van der Waals surface area contributed by atoms with E-state index in [2.05, 4.69) is 5.32 Å². The molecule has 0 aliphatic heterocycles. The molecule has 0 saturated heterocycles. The third kappa shape index (κ3) is 14.1. The normalized spacial score (nSPS) is 15.9. The van der Waals surface area contributed by atoms with Crippen molar-refractivity contribution in [3.8, 4) is 0 Å². The van der Waals surface area contributed by atoms with E-state index in [0.717, 1.165) is 36.8 Å². The smallest absolute Gasteiger partial charge is 0.411 e. The summed E-state index contributed by atoms with van der Waals surface area (Å²) in [6.45, 7) is 6.34. The molecule has 4 rings (SSSR count). The Labute approximate surface area is 257 Å². The Morgan fingerprint density at radius 2 is 1.21 bits per heavy atom. The number of nitrogens with zero attached hydrogens (tertiary/aromatic N) is 1. The summed E-state index contributed by atoms with van der Waals surface area (Å²) in [5.74, 6) is -0.565. The van der Waals surface area contributed by atoms with Crippen molar-refractivity contribution in [3.05, 3.63) is 71.8 Å². The zero-order valence-corrected chi connectivity index (χ0v) is 26.2. The number of hydrogen-bond donors (Lipinski definition) is 1. The fourth-order valence-electron chi connectivity index (χ4n) is 5.30. The monoisotopic (exact) mass is 594 g/mol. The van der Waals surface area contributed by atoms with E-state index in [1.165, 1.54) is 38.5 Å². The van der Waals surface area contributed by atoms with Crippen LogP contribution in [-0.2, 0) is 37.0 Å². The van der Waals surface area contributed by atoms with Crippen molar-refractivity contribution in [3.63, 3.8) is 0 Å². The van der Waals surface area contributed by atoms with Crippen LogP contribution in [0, 0.1) is 0 Å². The Morgan fingerprint density at radius 3 is 1.72 bits per heavy atom. The van der Waals surface area contributed by atoms with Gasteiger partial charge in [0.05, 0.1) is 6.54 Å². The zero-order chi connectivity index (χ0) is 30.9. The first-order chi connectivity index (χ1) is 20.7. The van der Waals surface area contributed by atoms with Gasteiger partial charge in [-0.05, 0) is 57.6 Å². The van der Waals surface area contributed by atoms with Crippen molar-refractivity contribution in [1.82, 2.24) is 10.2 Å². The minimum Gasteiger partial charge on any atom is -0.460 e. The van der Waals surface area contributed by atoms with Gasteiger partial charge in [-0.1, -0.05) is 99.2 Å². The number of benzene rings is 2. The molecule has 2 aromatic carbocycles. The SMILES string of the molecule is CC(C)(C)OC(=O)N(CC(=O)OCc1ccccc1)C1CCCCC1.O=C(CNC1CCCCC1)OCc1ccccc1. The number of carbonyl (C=O) groups is 3. The highest BCUT2D eigenvalue weighted by atomic mass is 16.6. The molecule has 2 fully saturated rings. The second kappa shape index (κ2) is 18.3. The average Bonchev–Trinajstić information content (AvgIpc) is 3.02. The summed E-state index contributed by atoms with van der Waals surface area (Å²) in [7, 11) is 0. The van der Waals surface area contributed by atoms with Crippen LogP contribution in [-0.4, -0.2) is 53.7 Å². The summed E-state index contributed by atoms with van der Waals surface area (Å²) in [4.78, 5) is 38.0. The fraction of sp³-hybridized carbons (Fsp3) is 0.571. The van der Waals surface area contributed by atoms with Crippen molar-refractivity contribution in [1.29, 1.82) is 0 Å².